The van der Waals surface area contributed by atoms with E-state index < -0.39 is 0 Å². The van der Waals surface area contributed by atoms with Crippen LogP contribution in [-0.2, 0) is 14.4 Å². The van der Waals surface area contributed by atoms with Crippen molar-refractivity contribution in [3.8, 4) is 5.75 Å². The van der Waals surface area contributed by atoms with E-state index in [0.29, 0.717) is 58.5 Å². The van der Waals surface area contributed by atoms with Gasteiger partial charge in [0, 0.05) is 45.1 Å². The average Bonchev–Trinajstić information content (AvgIpc) is 2.98. The fourth-order valence-corrected chi connectivity index (χ4v) is 4.06. The Hall–Kier alpha value is -2.57. The summed E-state index contributed by atoms with van der Waals surface area (Å²) in [6.45, 7) is 3.45. The van der Waals surface area contributed by atoms with Gasteiger partial charge in [-0.2, -0.15) is 0 Å². The van der Waals surface area contributed by atoms with Gasteiger partial charge in [-0.1, -0.05) is 24.6 Å². The second-order valence-corrected chi connectivity index (χ2v) is 8.05. The average molecular weight is 416 g/mol. The molecule has 1 aromatic carbocycles. The molecular formula is C23H33N3O4. The quantitative estimate of drug-likeness (QED) is 0.706. The molecule has 3 rings (SSSR count). The summed E-state index contributed by atoms with van der Waals surface area (Å²) in [6.07, 6.45) is 5.44. The number of nitrogens with one attached hydrogen (secondary N) is 1. The number of carbonyl (C=O) groups excluding carboxylic acids is 3. The highest BCUT2D eigenvalue weighted by Crippen LogP contribution is 2.18. The third kappa shape index (κ3) is 6.75. The van der Waals surface area contributed by atoms with E-state index in [0.717, 1.165) is 31.6 Å². The minimum absolute atomic E-state index is 0.0387. The lowest BCUT2D eigenvalue weighted by Gasteiger charge is -2.31. The minimum atomic E-state index is -0.0607. The Bertz CT molecular complexity index is 702. The molecule has 1 N–H and O–H groups in total. The van der Waals surface area contributed by atoms with Gasteiger partial charge in [-0.15, -0.1) is 0 Å². The summed E-state index contributed by atoms with van der Waals surface area (Å²) in [7, 11) is 0. The first-order valence-corrected chi connectivity index (χ1v) is 11.1. The van der Waals surface area contributed by atoms with E-state index >= 15 is 0 Å². The molecule has 7 nitrogen and oxygen atoms in total. The number of rotatable bonds is 8. The standard InChI is InChI=1S/C23H33N3O4/c27-21-9-5-2-6-14-25(21)17-13-24-23(29)19-10-15-26(16-11-19)22(28)12-18-30-20-7-3-1-4-8-20/h1,3-4,7-8,19H,2,5-6,9-18H2,(H,24,29). The molecule has 7 heteroatoms. The van der Waals surface area contributed by atoms with Crippen molar-refractivity contribution >= 4 is 17.7 Å². The largest absolute Gasteiger partial charge is 0.493 e. The number of para-hydroxylation sites is 1. The lowest BCUT2D eigenvalue weighted by molar-refractivity contribution is -0.136. The monoisotopic (exact) mass is 415 g/mol. The topological polar surface area (TPSA) is 79.0 Å². The van der Waals surface area contributed by atoms with Gasteiger partial charge >= 0.3 is 0 Å². The van der Waals surface area contributed by atoms with Crippen LogP contribution < -0.4 is 10.1 Å². The van der Waals surface area contributed by atoms with E-state index in [-0.39, 0.29) is 23.6 Å². The highest BCUT2D eigenvalue weighted by atomic mass is 16.5. The van der Waals surface area contributed by atoms with Crippen molar-refractivity contribution in [2.75, 3.05) is 39.3 Å². The van der Waals surface area contributed by atoms with Gasteiger partial charge in [0.05, 0.1) is 13.0 Å². The summed E-state index contributed by atoms with van der Waals surface area (Å²) in [5, 5.41) is 2.98. The van der Waals surface area contributed by atoms with Gasteiger partial charge in [-0.3, -0.25) is 14.4 Å². The Balaban J connectivity index is 1.30. The van der Waals surface area contributed by atoms with Gasteiger partial charge in [-0.05, 0) is 37.8 Å². The molecule has 2 fully saturated rings. The van der Waals surface area contributed by atoms with E-state index in [4.69, 9.17) is 4.74 Å². The van der Waals surface area contributed by atoms with Crippen LogP contribution in [0.25, 0.3) is 0 Å². The third-order valence-electron chi connectivity index (χ3n) is 5.90. The number of benzene rings is 1. The number of hydrogen-bond acceptors (Lipinski definition) is 4. The Labute approximate surface area is 178 Å². The molecule has 30 heavy (non-hydrogen) atoms. The number of likely N-dealkylation sites (tertiary alicyclic amines) is 2. The van der Waals surface area contributed by atoms with E-state index in [9.17, 15) is 14.4 Å². The van der Waals surface area contributed by atoms with Crippen LogP contribution in [0.15, 0.2) is 30.3 Å². The molecule has 3 amide bonds. The lowest BCUT2D eigenvalue weighted by atomic mass is 9.95. The van der Waals surface area contributed by atoms with Crippen molar-refractivity contribution in [2.24, 2.45) is 5.92 Å². The second-order valence-electron chi connectivity index (χ2n) is 8.05. The van der Waals surface area contributed by atoms with E-state index in [1.54, 1.807) is 0 Å². The van der Waals surface area contributed by atoms with Crippen molar-refractivity contribution in [1.29, 1.82) is 0 Å². The number of hydrogen-bond donors (Lipinski definition) is 1. The smallest absolute Gasteiger partial charge is 0.225 e. The molecule has 1 aromatic rings. The van der Waals surface area contributed by atoms with Crippen LogP contribution in [0.4, 0.5) is 0 Å². The Morgan fingerprint density at radius 2 is 1.80 bits per heavy atom. The van der Waals surface area contributed by atoms with Crippen LogP contribution in [0, 0.1) is 5.92 Å². The molecule has 0 radical (unpaired) electrons. The molecule has 0 unspecified atom stereocenters. The summed E-state index contributed by atoms with van der Waals surface area (Å²) >= 11 is 0. The molecule has 0 saturated carbocycles. The van der Waals surface area contributed by atoms with E-state index in [1.807, 2.05) is 40.1 Å². The fraction of sp³-hybridized carbons (Fsp3) is 0.609. The van der Waals surface area contributed by atoms with E-state index in [2.05, 4.69) is 5.32 Å². The molecule has 2 aliphatic rings. The van der Waals surface area contributed by atoms with Crippen molar-refractivity contribution in [3.05, 3.63) is 30.3 Å². The van der Waals surface area contributed by atoms with Crippen LogP contribution in [0.5, 0.6) is 5.75 Å². The molecule has 0 aromatic heterocycles. The highest BCUT2D eigenvalue weighted by molar-refractivity contribution is 5.80. The van der Waals surface area contributed by atoms with Crippen molar-refractivity contribution in [1.82, 2.24) is 15.1 Å². The Morgan fingerprint density at radius 3 is 2.57 bits per heavy atom. The van der Waals surface area contributed by atoms with Gasteiger partial charge in [0.1, 0.15) is 5.75 Å². The first-order chi connectivity index (χ1) is 14.6. The van der Waals surface area contributed by atoms with Crippen molar-refractivity contribution < 1.29 is 19.1 Å². The summed E-state index contributed by atoms with van der Waals surface area (Å²) in [5.41, 5.74) is 0. The number of amides is 3. The predicted octanol–water partition coefficient (Wildman–Crippen LogP) is 2.21. The van der Waals surface area contributed by atoms with Crippen LogP contribution in [-0.4, -0.2) is 66.9 Å². The molecule has 0 atom stereocenters. The zero-order valence-electron chi connectivity index (χ0n) is 17.7. The molecule has 0 spiro atoms. The van der Waals surface area contributed by atoms with Gasteiger partial charge in [0.15, 0.2) is 0 Å². The van der Waals surface area contributed by atoms with Crippen molar-refractivity contribution in [3.63, 3.8) is 0 Å². The predicted molar refractivity (Wildman–Crippen MR) is 114 cm³/mol. The summed E-state index contributed by atoms with van der Waals surface area (Å²) in [4.78, 5) is 40.5. The molecular weight excluding hydrogens is 382 g/mol. The molecule has 0 bridgehead atoms. The summed E-state index contributed by atoms with van der Waals surface area (Å²) in [5.74, 6) is 1.02. The van der Waals surface area contributed by atoms with Crippen LogP contribution >= 0.6 is 0 Å². The number of ether oxygens (including phenoxy) is 1. The van der Waals surface area contributed by atoms with Crippen molar-refractivity contribution in [2.45, 2.75) is 44.9 Å². The Kier molecular flexibility index (Phi) is 8.53. The summed E-state index contributed by atoms with van der Waals surface area (Å²) in [6, 6.07) is 9.47. The van der Waals surface area contributed by atoms with Gasteiger partial charge in [0.25, 0.3) is 0 Å². The molecule has 2 heterocycles. The normalized spacial score (nSPS) is 18.1. The van der Waals surface area contributed by atoms with Gasteiger partial charge < -0.3 is 19.9 Å². The summed E-state index contributed by atoms with van der Waals surface area (Å²) < 4.78 is 5.60. The molecule has 2 aliphatic heterocycles. The van der Waals surface area contributed by atoms with E-state index in [1.165, 1.54) is 0 Å². The number of nitrogens with zero attached hydrogens (tertiary/aromatic N) is 2. The van der Waals surface area contributed by atoms with Crippen LogP contribution in [0.1, 0.15) is 44.9 Å². The van der Waals surface area contributed by atoms with Gasteiger partial charge in [0.2, 0.25) is 17.7 Å². The number of piperidine rings is 1. The zero-order chi connectivity index (χ0) is 21.2. The maximum absolute atomic E-state index is 12.5. The maximum atomic E-state index is 12.5. The number of carbonyl (C=O) groups is 3. The molecule has 2 saturated heterocycles. The van der Waals surface area contributed by atoms with Crippen LogP contribution in [0.3, 0.4) is 0 Å². The second kappa shape index (κ2) is 11.6. The molecule has 164 valence electrons. The zero-order valence-corrected chi connectivity index (χ0v) is 17.7. The minimum Gasteiger partial charge on any atom is -0.493 e. The fourth-order valence-electron chi connectivity index (χ4n) is 4.06. The SMILES string of the molecule is O=C(NCCN1CCCCCC1=O)C1CCN(C(=O)CCOc2ccccc2)CC1. The third-order valence-corrected chi connectivity index (χ3v) is 5.90. The van der Waals surface area contributed by atoms with Crippen LogP contribution in [0.2, 0.25) is 0 Å². The van der Waals surface area contributed by atoms with Gasteiger partial charge in [-0.25, -0.2) is 0 Å². The highest BCUT2D eigenvalue weighted by Gasteiger charge is 2.27. The lowest BCUT2D eigenvalue weighted by Crippen LogP contribution is -2.45. The maximum Gasteiger partial charge on any atom is 0.225 e. The Morgan fingerprint density at radius 1 is 1.03 bits per heavy atom. The first-order valence-electron chi connectivity index (χ1n) is 11.1. The molecule has 0 aliphatic carbocycles. The first kappa shape index (κ1) is 22.1.